The molecule has 1 aromatic carbocycles. The van der Waals surface area contributed by atoms with Gasteiger partial charge in [0.1, 0.15) is 0 Å². The lowest BCUT2D eigenvalue weighted by molar-refractivity contribution is -0.123. The summed E-state index contributed by atoms with van der Waals surface area (Å²) in [5.41, 5.74) is 0.969. The molecule has 5 heteroatoms. The summed E-state index contributed by atoms with van der Waals surface area (Å²) in [6.45, 7) is 9.11. The number of rotatable bonds is 9. The third-order valence-corrected chi connectivity index (χ3v) is 5.63. The van der Waals surface area contributed by atoms with Crippen LogP contribution in [0.4, 0.5) is 0 Å². The normalized spacial score (nSPS) is 17.4. The molecule has 0 aliphatic carbocycles. The summed E-state index contributed by atoms with van der Waals surface area (Å²) in [5.74, 6) is 0.842. The number of carbonyl (C=O) groups is 1. The predicted octanol–water partition coefficient (Wildman–Crippen LogP) is 3.96. The van der Waals surface area contributed by atoms with E-state index in [-0.39, 0.29) is 11.9 Å². The number of halogens is 1. The fourth-order valence-corrected chi connectivity index (χ4v) is 3.98. The van der Waals surface area contributed by atoms with E-state index >= 15 is 0 Å². The monoisotopic (exact) mass is 379 g/mol. The Balaban J connectivity index is 1.70. The fraction of sp³-hybridized carbons (Fsp3) is 0.667. The molecule has 1 saturated heterocycles. The minimum atomic E-state index is -0.0686. The van der Waals surface area contributed by atoms with Crippen LogP contribution in [0.3, 0.4) is 0 Å². The average molecular weight is 380 g/mol. The Hall–Kier alpha value is -1.10. The molecule has 4 nitrogen and oxygen atoms in total. The lowest BCUT2D eigenvalue weighted by Crippen LogP contribution is -2.43. The Morgan fingerprint density at radius 3 is 2.69 bits per heavy atom. The Bertz CT molecular complexity index is 558. The highest BCUT2D eigenvalue weighted by molar-refractivity contribution is 6.31. The summed E-state index contributed by atoms with van der Waals surface area (Å²) in [6.07, 6.45) is 4.90. The van der Waals surface area contributed by atoms with Crippen molar-refractivity contribution in [3.05, 3.63) is 34.9 Å². The molecular formula is C21H34ClN3O. The van der Waals surface area contributed by atoms with Gasteiger partial charge in [0.25, 0.3) is 0 Å². The fourth-order valence-electron chi connectivity index (χ4n) is 3.68. The second-order valence-electron chi connectivity index (χ2n) is 7.65. The zero-order valence-electron chi connectivity index (χ0n) is 16.5. The second-order valence-corrected chi connectivity index (χ2v) is 8.05. The second kappa shape index (κ2) is 10.9. The molecule has 0 bridgehead atoms. The molecule has 1 atom stereocenters. The maximum absolute atomic E-state index is 12.4. The van der Waals surface area contributed by atoms with Crippen LogP contribution in [0.25, 0.3) is 0 Å². The van der Waals surface area contributed by atoms with Crippen molar-refractivity contribution in [2.45, 2.75) is 45.6 Å². The van der Waals surface area contributed by atoms with E-state index in [1.54, 1.807) is 0 Å². The van der Waals surface area contributed by atoms with Crippen LogP contribution in [0.15, 0.2) is 24.3 Å². The summed E-state index contributed by atoms with van der Waals surface area (Å²) in [4.78, 5) is 17.1. The van der Waals surface area contributed by atoms with E-state index in [4.69, 9.17) is 11.6 Å². The average Bonchev–Trinajstić information content (AvgIpc) is 2.62. The number of amides is 1. The molecule has 0 aromatic heterocycles. The van der Waals surface area contributed by atoms with Crippen molar-refractivity contribution in [3.63, 3.8) is 0 Å². The third kappa shape index (κ3) is 6.90. The van der Waals surface area contributed by atoms with E-state index in [1.807, 2.05) is 31.2 Å². The van der Waals surface area contributed by atoms with Crippen LogP contribution in [0.5, 0.6) is 0 Å². The molecule has 0 spiro atoms. The van der Waals surface area contributed by atoms with Gasteiger partial charge in [0.15, 0.2) is 0 Å². The van der Waals surface area contributed by atoms with Crippen molar-refractivity contribution in [2.24, 2.45) is 5.92 Å². The Labute approximate surface area is 163 Å². The smallest absolute Gasteiger partial charge is 0.234 e. The van der Waals surface area contributed by atoms with Crippen LogP contribution < -0.4 is 5.32 Å². The van der Waals surface area contributed by atoms with Crippen LogP contribution in [0.2, 0.25) is 5.02 Å². The van der Waals surface area contributed by atoms with Crippen molar-refractivity contribution in [1.82, 2.24) is 15.1 Å². The molecule has 1 unspecified atom stereocenters. The molecule has 1 aliphatic rings. The summed E-state index contributed by atoms with van der Waals surface area (Å²) >= 11 is 6.22. The van der Waals surface area contributed by atoms with Crippen LogP contribution in [0.1, 0.15) is 51.1 Å². The molecule has 0 saturated carbocycles. The van der Waals surface area contributed by atoms with Crippen molar-refractivity contribution >= 4 is 17.5 Å². The quantitative estimate of drug-likeness (QED) is 0.705. The Morgan fingerprint density at radius 1 is 1.35 bits per heavy atom. The highest BCUT2D eigenvalue weighted by Gasteiger charge is 2.22. The van der Waals surface area contributed by atoms with E-state index in [0.29, 0.717) is 11.6 Å². The van der Waals surface area contributed by atoms with Gasteiger partial charge in [-0.25, -0.2) is 0 Å². The Kier molecular flexibility index (Phi) is 8.89. The first-order valence-corrected chi connectivity index (χ1v) is 10.3. The number of nitrogens with zero attached hydrogens (tertiary/aromatic N) is 2. The van der Waals surface area contributed by atoms with Gasteiger partial charge in [0.05, 0.1) is 12.6 Å². The van der Waals surface area contributed by atoms with Crippen molar-refractivity contribution in [1.29, 1.82) is 0 Å². The topological polar surface area (TPSA) is 35.6 Å². The Morgan fingerprint density at radius 2 is 2.04 bits per heavy atom. The van der Waals surface area contributed by atoms with Gasteiger partial charge in [0.2, 0.25) is 5.91 Å². The van der Waals surface area contributed by atoms with Gasteiger partial charge in [-0.15, -0.1) is 0 Å². The van der Waals surface area contributed by atoms with Crippen LogP contribution in [-0.4, -0.2) is 55.5 Å². The molecule has 1 aromatic rings. The minimum Gasteiger partial charge on any atom is -0.348 e. The SMILES string of the molecule is CCCCN(C)CC1CCN(CC(=O)NC(C)c2ccccc2Cl)CC1. The number of benzene rings is 1. The van der Waals surface area contributed by atoms with Gasteiger partial charge in [-0.05, 0) is 70.4 Å². The molecule has 1 aliphatic heterocycles. The van der Waals surface area contributed by atoms with E-state index in [2.05, 4.69) is 29.1 Å². The van der Waals surface area contributed by atoms with Gasteiger partial charge in [-0.1, -0.05) is 43.1 Å². The lowest BCUT2D eigenvalue weighted by Gasteiger charge is -2.33. The molecule has 0 radical (unpaired) electrons. The van der Waals surface area contributed by atoms with Crippen molar-refractivity contribution in [3.8, 4) is 0 Å². The van der Waals surface area contributed by atoms with Gasteiger partial charge in [-0.3, -0.25) is 9.69 Å². The number of unbranched alkanes of at least 4 members (excludes halogenated alkanes) is 1. The van der Waals surface area contributed by atoms with Crippen molar-refractivity contribution < 1.29 is 4.79 Å². The number of nitrogens with one attached hydrogen (secondary N) is 1. The van der Waals surface area contributed by atoms with Gasteiger partial charge in [0, 0.05) is 11.6 Å². The summed E-state index contributed by atoms with van der Waals surface area (Å²) in [5, 5.41) is 3.78. The van der Waals surface area contributed by atoms with E-state index in [9.17, 15) is 4.79 Å². The molecule has 26 heavy (non-hydrogen) atoms. The van der Waals surface area contributed by atoms with E-state index in [1.165, 1.54) is 38.8 Å². The molecule has 2 rings (SSSR count). The molecule has 146 valence electrons. The highest BCUT2D eigenvalue weighted by Crippen LogP contribution is 2.22. The van der Waals surface area contributed by atoms with Gasteiger partial charge >= 0.3 is 0 Å². The third-order valence-electron chi connectivity index (χ3n) is 5.29. The molecule has 1 amide bonds. The lowest BCUT2D eigenvalue weighted by atomic mass is 9.96. The van der Waals surface area contributed by atoms with Crippen LogP contribution in [-0.2, 0) is 4.79 Å². The molecular weight excluding hydrogens is 346 g/mol. The van der Waals surface area contributed by atoms with Gasteiger partial charge < -0.3 is 10.2 Å². The van der Waals surface area contributed by atoms with Crippen LogP contribution in [0, 0.1) is 5.92 Å². The first-order valence-electron chi connectivity index (χ1n) is 9.94. The zero-order chi connectivity index (χ0) is 18.9. The maximum atomic E-state index is 12.4. The number of hydrogen-bond donors (Lipinski definition) is 1. The summed E-state index contributed by atoms with van der Waals surface area (Å²) < 4.78 is 0. The molecule has 1 N–H and O–H groups in total. The number of carbonyl (C=O) groups excluding carboxylic acids is 1. The number of likely N-dealkylation sites (tertiary alicyclic amines) is 1. The van der Waals surface area contributed by atoms with Crippen molar-refractivity contribution in [2.75, 3.05) is 39.8 Å². The van der Waals surface area contributed by atoms with Crippen LogP contribution >= 0.6 is 11.6 Å². The zero-order valence-corrected chi connectivity index (χ0v) is 17.3. The highest BCUT2D eigenvalue weighted by atomic mass is 35.5. The number of piperidine rings is 1. The van der Waals surface area contributed by atoms with E-state index in [0.717, 1.165) is 24.6 Å². The maximum Gasteiger partial charge on any atom is 0.234 e. The van der Waals surface area contributed by atoms with E-state index < -0.39 is 0 Å². The predicted molar refractivity (Wildman–Crippen MR) is 110 cm³/mol. The first-order chi connectivity index (χ1) is 12.5. The number of hydrogen-bond acceptors (Lipinski definition) is 3. The largest absolute Gasteiger partial charge is 0.348 e. The first kappa shape index (κ1) is 21.2. The van der Waals surface area contributed by atoms with Gasteiger partial charge in [-0.2, -0.15) is 0 Å². The molecule has 1 heterocycles. The summed E-state index contributed by atoms with van der Waals surface area (Å²) in [7, 11) is 2.23. The summed E-state index contributed by atoms with van der Waals surface area (Å²) in [6, 6.07) is 7.62. The molecule has 1 fully saturated rings. The minimum absolute atomic E-state index is 0.0686. The standard InChI is InChI=1S/C21H34ClN3O/c1-4-5-12-24(3)15-18-10-13-25(14-11-18)16-21(26)23-17(2)19-8-6-7-9-20(19)22/h6-9,17-18H,4-5,10-16H2,1-3H3,(H,23,26).